The van der Waals surface area contributed by atoms with E-state index in [9.17, 15) is 9.59 Å². The molecular weight excluding hydrogens is 358 g/mol. The van der Waals surface area contributed by atoms with Gasteiger partial charge in [0.25, 0.3) is 0 Å². The third kappa shape index (κ3) is 3.77. The number of ether oxygens (including phenoxy) is 2. The van der Waals surface area contributed by atoms with E-state index in [1.165, 1.54) is 6.92 Å². The van der Waals surface area contributed by atoms with Crippen LogP contribution >= 0.6 is 0 Å². The van der Waals surface area contributed by atoms with E-state index in [-0.39, 0.29) is 18.0 Å². The third-order valence-corrected chi connectivity index (χ3v) is 4.77. The van der Waals surface area contributed by atoms with Crippen molar-refractivity contribution in [3.05, 3.63) is 64.3 Å². The van der Waals surface area contributed by atoms with E-state index >= 15 is 0 Å². The average molecular weight is 379 g/mol. The average Bonchev–Trinajstić information content (AvgIpc) is 2.73. The normalized spacial score (nSPS) is 14.2. The highest BCUT2D eigenvalue weighted by atomic mass is 16.5. The first-order valence-electron chi connectivity index (χ1n) is 9.24. The van der Waals surface area contributed by atoms with Gasteiger partial charge in [0.2, 0.25) is 0 Å². The fourth-order valence-electron chi connectivity index (χ4n) is 3.30. The summed E-state index contributed by atoms with van der Waals surface area (Å²) in [6.07, 6.45) is 0. The molecule has 6 nitrogen and oxygen atoms in total. The molecule has 3 aromatic rings. The highest BCUT2D eigenvalue weighted by Crippen LogP contribution is 2.30. The van der Waals surface area contributed by atoms with Crippen LogP contribution in [0.5, 0.6) is 0 Å². The second kappa shape index (κ2) is 7.86. The van der Waals surface area contributed by atoms with Crippen LogP contribution in [-0.4, -0.2) is 32.3 Å². The first-order valence-corrected chi connectivity index (χ1v) is 9.24. The van der Waals surface area contributed by atoms with E-state index in [0.29, 0.717) is 43.2 Å². The molecule has 0 aliphatic carbocycles. The molecule has 0 N–H and O–H groups in total. The molecule has 1 aliphatic heterocycles. The molecule has 144 valence electrons. The molecule has 1 fully saturated rings. The highest BCUT2D eigenvalue weighted by Gasteiger charge is 2.17. The van der Waals surface area contributed by atoms with Crippen molar-refractivity contribution in [3.63, 3.8) is 0 Å². The number of benzene rings is 2. The summed E-state index contributed by atoms with van der Waals surface area (Å²) in [5.41, 5.74) is 3.19. The molecule has 4 rings (SSSR count). The summed E-state index contributed by atoms with van der Waals surface area (Å²) in [6, 6.07) is 14.8. The van der Waals surface area contributed by atoms with Crippen molar-refractivity contribution >= 4 is 22.8 Å². The summed E-state index contributed by atoms with van der Waals surface area (Å²) >= 11 is 0. The Morgan fingerprint density at radius 2 is 1.86 bits per heavy atom. The summed E-state index contributed by atoms with van der Waals surface area (Å²) in [5, 5.41) is 0.554. The molecule has 0 atom stereocenters. The van der Waals surface area contributed by atoms with Crippen LogP contribution in [-0.2, 0) is 20.9 Å². The zero-order chi connectivity index (χ0) is 19.5. The lowest BCUT2D eigenvalue weighted by Crippen LogP contribution is -2.36. The summed E-state index contributed by atoms with van der Waals surface area (Å²) < 4.78 is 16.6. The minimum Gasteiger partial charge on any atom is -0.461 e. The molecule has 2 aromatic carbocycles. The van der Waals surface area contributed by atoms with Gasteiger partial charge >= 0.3 is 5.97 Å². The summed E-state index contributed by atoms with van der Waals surface area (Å²) in [6.45, 7) is 4.25. The molecule has 1 aliphatic rings. The number of para-hydroxylation sites is 1. The molecule has 0 unspecified atom stereocenters. The summed E-state index contributed by atoms with van der Waals surface area (Å²) in [7, 11) is 0. The van der Waals surface area contributed by atoms with Crippen molar-refractivity contribution in [2.75, 3.05) is 31.2 Å². The van der Waals surface area contributed by atoms with Gasteiger partial charge in [0.05, 0.1) is 18.6 Å². The van der Waals surface area contributed by atoms with E-state index in [1.54, 1.807) is 12.1 Å². The van der Waals surface area contributed by atoms with Crippen molar-refractivity contribution in [2.45, 2.75) is 13.5 Å². The molecule has 0 radical (unpaired) electrons. The van der Waals surface area contributed by atoms with Gasteiger partial charge in [-0.2, -0.15) is 0 Å². The molecule has 0 saturated carbocycles. The van der Waals surface area contributed by atoms with Crippen LogP contribution in [0.4, 0.5) is 5.88 Å². The predicted octanol–water partition coefficient (Wildman–Crippen LogP) is 3.36. The van der Waals surface area contributed by atoms with Gasteiger partial charge in [-0.25, -0.2) is 0 Å². The molecule has 28 heavy (non-hydrogen) atoms. The highest BCUT2D eigenvalue weighted by molar-refractivity contribution is 5.92. The molecule has 0 spiro atoms. The number of carbonyl (C=O) groups is 1. The lowest BCUT2D eigenvalue weighted by Gasteiger charge is -2.27. The van der Waals surface area contributed by atoms with Crippen molar-refractivity contribution in [3.8, 4) is 11.1 Å². The maximum absolute atomic E-state index is 12.7. The Hall–Kier alpha value is -3.12. The fraction of sp³-hybridized carbons (Fsp3) is 0.273. The van der Waals surface area contributed by atoms with Gasteiger partial charge in [-0.1, -0.05) is 36.4 Å². The van der Waals surface area contributed by atoms with Crippen molar-refractivity contribution in [1.29, 1.82) is 0 Å². The fourth-order valence-corrected chi connectivity index (χ4v) is 3.30. The van der Waals surface area contributed by atoms with Gasteiger partial charge < -0.3 is 18.8 Å². The van der Waals surface area contributed by atoms with E-state index < -0.39 is 0 Å². The Labute approximate surface area is 162 Å². The number of anilines is 1. The quantitative estimate of drug-likeness (QED) is 0.648. The Kier molecular flexibility index (Phi) is 5.12. The van der Waals surface area contributed by atoms with Crippen LogP contribution in [0.15, 0.2) is 57.7 Å². The number of nitrogens with zero attached hydrogens (tertiary/aromatic N) is 1. The number of fused-ring (bicyclic) bond motifs is 1. The van der Waals surface area contributed by atoms with Gasteiger partial charge in [-0.15, -0.1) is 0 Å². The minimum absolute atomic E-state index is 0.0592. The van der Waals surface area contributed by atoms with Crippen LogP contribution < -0.4 is 10.3 Å². The third-order valence-electron chi connectivity index (χ3n) is 4.77. The van der Waals surface area contributed by atoms with E-state index in [4.69, 9.17) is 13.9 Å². The second-order valence-corrected chi connectivity index (χ2v) is 6.71. The first-order chi connectivity index (χ1) is 13.6. The van der Waals surface area contributed by atoms with Crippen LogP contribution in [0.1, 0.15) is 12.5 Å². The van der Waals surface area contributed by atoms with Crippen LogP contribution in [0.3, 0.4) is 0 Å². The van der Waals surface area contributed by atoms with Crippen molar-refractivity contribution in [2.24, 2.45) is 0 Å². The number of esters is 1. The van der Waals surface area contributed by atoms with E-state index in [0.717, 1.165) is 16.7 Å². The standard InChI is InChI=1S/C22H21NO5/c1-15(24)27-14-16-5-7-17(8-6-16)18-3-2-4-19-20(25)13-21(28-22(18)19)23-9-11-26-12-10-23/h2-8,13H,9-12,14H2,1H3. The van der Waals surface area contributed by atoms with Gasteiger partial charge in [0, 0.05) is 31.6 Å². The Morgan fingerprint density at radius 3 is 2.57 bits per heavy atom. The van der Waals surface area contributed by atoms with Crippen LogP contribution in [0.25, 0.3) is 22.1 Å². The zero-order valence-electron chi connectivity index (χ0n) is 15.6. The number of hydrogen-bond acceptors (Lipinski definition) is 6. The monoisotopic (exact) mass is 379 g/mol. The lowest BCUT2D eigenvalue weighted by molar-refractivity contribution is -0.142. The van der Waals surface area contributed by atoms with E-state index in [1.807, 2.05) is 41.3 Å². The summed E-state index contributed by atoms with van der Waals surface area (Å²) in [4.78, 5) is 25.7. The molecule has 1 aromatic heterocycles. The Balaban J connectivity index is 1.73. The van der Waals surface area contributed by atoms with E-state index in [2.05, 4.69) is 0 Å². The first kappa shape index (κ1) is 18.3. The number of hydrogen-bond donors (Lipinski definition) is 0. The number of morpholine rings is 1. The second-order valence-electron chi connectivity index (χ2n) is 6.71. The lowest BCUT2D eigenvalue weighted by atomic mass is 10.0. The molecule has 1 saturated heterocycles. The SMILES string of the molecule is CC(=O)OCc1ccc(-c2cccc3c(=O)cc(N4CCOCC4)oc23)cc1. The van der Waals surface area contributed by atoms with Crippen LogP contribution in [0, 0.1) is 0 Å². The molecule has 2 heterocycles. The van der Waals surface area contributed by atoms with Crippen LogP contribution in [0.2, 0.25) is 0 Å². The molecule has 0 bridgehead atoms. The van der Waals surface area contributed by atoms with Gasteiger partial charge in [0.15, 0.2) is 11.3 Å². The Morgan fingerprint density at radius 1 is 1.11 bits per heavy atom. The molecular formula is C22H21NO5. The minimum atomic E-state index is -0.310. The van der Waals surface area contributed by atoms with Gasteiger partial charge in [-0.3, -0.25) is 9.59 Å². The smallest absolute Gasteiger partial charge is 0.302 e. The van der Waals surface area contributed by atoms with Crippen molar-refractivity contribution in [1.82, 2.24) is 0 Å². The Bertz CT molecular complexity index is 1050. The molecule has 6 heteroatoms. The topological polar surface area (TPSA) is 69.0 Å². The number of rotatable bonds is 4. The number of carbonyl (C=O) groups excluding carboxylic acids is 1. The summed E-state index contributed by atoms with van der Waals surface area (Å²) in [5.74, 6) is 0.260. The zero-order valence-corrected chi connectivity index (χ0v) is 15.6. The largest absolute Gasteiger partial charge is 0.461 e. The maximum atomic E-state index is 12.7. The van der Waals surface area contributed by atoms with Gasteiger partial charge in [0.1, 0.15) is 12.2 Å². The van der Waals surface area contributed by atoms with Gasteiger partial charge in [-0.05, 0) is 17.2 Å². The predicted molar refractivity (Wildman–Crippen MR) is 106 cm³/mol. The van der Waals surface area contributed by atoms with Crippen molar-refractivity contribution < 1.29 is 18.7 Å². The molecule has 0 amide bonds. The maximum Gasteiger partial charge on any atom is 0.302 e.